The van der Waals surface area contributed by atoms with E-state index in [-0.39, 0.29) is 0 Å². The van der Waals surface area contributed by atoms with Gasteiger partial charge in [0, 0.05) is 38.1 Å². The van der Waals surface area contributed by atoms with Gasteiger partial charge in [-0.2, -0.15) is 0 Å². The van der Waals surface area contributed by atoms with Crippen molar-refractivity contribution in [3.8, 4) is 0 Å². The molecule has 1 fully saturated rings. The van der Waals surface area contributed by atoms with E-state index in [1.165, 1.54) is 25.7 Å². The number of aromatic nitrogens is 2. The van der Waals surface area contributed by atoms with E-state index in [0.717, 1.165) is 32.0 Å². The van der Waals surface area contributed by atoms with Gasteiger partial charge in [0.05, 0.1) is 6.33 Å². The van der Waals surface area contributed by atoms with Crippen LogP contribution in [-0.2, 0) is 6.54 Å². The zero-order valence-corrected chi connectivity index (χ0v) is 11.8. The minimum Gasteiger partial charge on any atom is -0.357 e. The van der Waals surface area contributed by atoms with Crippen molar-refractivity contribution in [2.45, 2.75) is 51.6 Å². The summed E-state index contributed by atoms with van der Waals surface area (Å²) in [6, 6.07) is 0.617. The highest BCUT2D eigenvalue weighted by atomic mass is 15.2. The molecule has 0 bridgehead atoms. The molecule has 19 heavy (non-hydrogen) atoms. The van der Waals surface area contributed by atoms with E-state index in [9.17, 15) is 0 Å². The predicted molar refractivity (Wildman–Crippen MR) is 78.2 cm³/mol. The van der Waals surface area contributed by atoms with E-state index >= 15 is 0 Å². The molecule has 5 heteroatoms. The van der Waals surface area contributed by atoms with Crippen LogP contribution >= 0.6 is 0 Å². The van der Waals surface area contributed by atoms with E-state index in [1.54, 1.807) is 0 Å². The van der Waals surface area contributed by atoms with Crippen LogP contribution in [0.2, 0.25) is 0 Å². The number of aryl methyl sites for hydroxylation is 1. The molecule has 0 aromatic carbocycles. The van der Waals surface area contributed by atoms with Gasteiger partial charge in [0.15, 0.2) is 5.96 Å². The molecule has 0 aliphatic heterocycles. The van der Waals surface area contributed by atoms with Crippen molar-refractivity contribution in [2.24, 2.45) is 4.99 Å². The Balaban J connectivity index is 1.72. The quantitative estimate of drug-likeness (QED) is 0.467. The third kappa shape index (κ3) is 4.93. The summed E-state index contributed by atoms with van der Waals surface area (Å²) in [5.41, 5.74) is 0. The van der Waals surface area contributed by atoms with Gasteiger partial charge >= 0.3 is 0 Å². The molecule has 1 aliphatic rings. The third-order valence-corrected chi connectivity index (χ3v) is 3.44. The van der Waals surface area contributed by atoms with Crippen LogP contribution in [0.15, 0.2) is 23.7 Å². The van der Waals surface area contributed by atoms with Gasteiger partial charge < -0.3 is 15.2 Å². The molecule has 0 atom stereocenters. The Morgan fingerprint density at radius 1 is 1.42 bits per heavy atom. The average molecular weight is 263 g/mol. The van der Waals surface area contributed by atoms with Crippen LogP contribution in [0, 0.1) is 0 Å². The predicted octanol–water partition coefficient (Wildman–Crippen LogP) is 1.77. The van der Waals surface area contributed by atoms with Crippen molar-refractivity contribution in [1.82, 2.24) is 20.2 Å². The second kappa shape index (κ2) is 7.81. The lowest BCUT2D eigenvalue weighted by Gasteiger charge is -2.16. The first-order valence-electron chi connectivity index (χ1n) is 7.39. The maximum Gasteiger partial charge on any atom is 0.191 e. The molecule has 1 heterocycles. The molecule has 1 aromatic heterocycles. The van der Waals surface area contributed by atoms with Gasteiger partial charge in [-0.15, -0.1) is 0 Å². The minimum absolute atomic E-state index is 0.617. The smallest absolute Gasteiger partial charge is 0.191 e. The second-order valence-corrected chi connectivity index (χ2v) is 5.04. The summed E-state index contributed by atoms with van der Waals surface area (Å²) in [5.74, 6) is 0.972. The topological polar surface area (TPSA) is 54.2 Å². The van der Waals surface area contributed by atoms with E-state index in [4.69, 9.17) is 0 Å². The SMILES string of the molecule is CCNC(=NCCCn1ccnc1)NC1CCCC1. The summed E-state index contributed by atoms with van der Waals surface area (Å²) >= 11 is 0. The highest BCUT2D eigenvalue weighted by Crippen LogP contribution is 2.17. The number of rotatable bonds is 6. The van der Waals surface area contributed by atoms with E-state index in [2.05, 4.69) is 32.1 Å². The third-order valence-electron chi connectivity index (χ3n) is 3.44. The van der Waals surface area contributed by atoms with E-state index in [0.29, 0.717) is 6.04 Å². The van der Waals surface area contributed by atoms with Gasteiger partial charge in [0.2, 0.25) is 0 Å². The summed E-state index contributed by atoms with van der Waals surface area (Å²) in [6.45, 7) is 4.85. The second-order valence-electron chi connectivity index (χ2n) is 5.04. The lowest BCUT2D eigenvalue weighted by molar-refractivity contribution is 0.607. The zero-order valence-electron chi connectivity index (χ0n) is 11.8. The van der Waals surface area contributed by atoms with Gasteiger partial charge in [-0.1, -0.05) is 12.8 Å². The zero-order chi connectivity index (χ0) is 13.3. The van der Waals surface area contributed by atoms with Crippen LogP contribution in [0.25, 0.3) is 0 Å². The Morgan fingerprint density at radius 2 is 2.26 bits per heavy atom. The fourth-order valence-electron chi connectivity index (χ4n) is 2.45. The average Bonchev–Trinajstić information content (AvgIpc) is 3.08. The fraction of sp³-hybridized carbons (Fsp3) is 0.714. The number of guanidine groups is 1. The minimum atomic E-state index is 0.617. The van der Waals surface area contributed by atoms with Crippen molar-refractivity contribution in [3.05, 3.63) is 18.7 Å². The van der Waals surface area contributed by atoms with Crippen LogP contribution in [0.4, 0.5) is 0 Å². The van der Waals surface area contributed by atoms with Gasteiger partial charge in [-0.05, 0) is 26.2 Å². The first-order chi connectivity index (χ1) is 9.38. The summed E-state index contributed by atoms with van der Waals surface area (Å²) in [6.07, 6.45) is 11.9. The molecule has 0 saturated heterocycles. The maximum atomic E-state index is 4.64. The van der Waals surface area contributed by atoms with E-state index in [1.807, 2.05) is 18.7 Å². The van der Waals surface area contributed by atoms with Crippen molar-refractivity contribution in [1.29, 1.82) is 0 Å². The molecule has 1 saturated carbocycles. The van der Waals surface area contributed by atoms with Crippen molar-refractivity contribution in [3.63, 3.8) is 0 Å². The van der Waals surface area contributed by atoms with Crippen LogP contribution in [0.3, 0.4) is 0 Å². The molecule has 0 unspecified atom stereocenters. The molecule has 0 amide bonds. The maximum absolute atomic E-state index is 4.64. The van der Waals surface area contributed by atoms with Crippen LogP contribution in [-0.4, -0.2) is 34.6 Å². The molecule has 1 aliphatic carbocycles. The van der Waals surface area contributed by atoms with Crippen molar-refractivity contribution in [2.75, 3.05) is 13.1 Å². The van der Waals surface area contributed by atoms with Gasteiger partial charge in [0.1, 0.15) is 0 Å². The Labute approximate surface area is 115 Å². The Morgan fingerprint density at radius 3 is 2.95 bits per heavy atom. The molecule has 1 aromatic rings. The van der Waals surface area contributed by atoms with Gasteiger partial charge in [0.25, 0.3) is 0 Å². The highest BCUT2D eigenvalue weighted by Gasteiger charge is 2.15. The number of nitrogens with one attached hydrogen (secondary N) is 2. The number of hydrogen-bond acceptors (Lipinski definition) is 2. The molecular weight excluding hydrogens is 238 g/mol. The van der Waals surface area contributed by atoms with Crippen LogP contribution in [0.1, 0.15) is 39.0 Å². The number of nitrogens with zero attached hydrogens (tertiary/aromatic N) is 3. The summed E-state index contributed by atoms with van der Waals surface area (Å²) < 4.78 is 2.09. The lowest BCUT2D eigenvalue weighted by Crippen LogP contribution is -2.42. The largest absolute Gasteiger partial charge is 0.357 e. The number of imidazole rings is 1. The molecule has 5 nitrogen and oxygen atoms in total. The van der Waals surface area contributed by atoms with Crippen molar-refractivity contribution >= 4 is 5.96 Å². The van der Waals surface area contributed by atoms with Crippen molar-refractivity contribution < 1.29 is 0 Å². The molecule has 0 spiro atoms. The highest BCUT2D eigenvalue weighted by molar-refractivity contribution is 5.80. The first-order valence-corrected chi connectivity index (χ1v) is 7.39. The standard InChI is InChI=1S/C14H25N5/c1-2-16-14(18-13-6-3-4-7-13)17-8-5-10-19-11-9-15-12-19/h9,11-13H,2-8,10H2,1H3,(H2,16,17,18). The van der Waals surface area contributed by atoms with Gasteiger partial charge in [-0.3, -0.25) is 4.99 Å². The monoisotopic (exact) mass is 263 g/mol. The number of hydrogen-bond donors (Lipinski definition) is 2. The first kappa shape index (κ1) is 13.9. The molecule has 2 rings (SSSR count). The number of aliphatic imine (C=N–C) groups is 1. The molecular formula is C14H25N5. The van der Waals surface area contributed by atoms with Crippen LogP contribution in [0.5, 0.6) is 0 Å². The molecule has 2 N–H and O–H groups in total. The fourth-order valence-corrected chi connectivity index (χ4v) is 2.45. The molecule has 0 radical (unpaired) electrons. The van der Waals surface area contributed by atoms with E-state index < -0.39 is 0 Å². The van der Waals surface area contributed by atoms with Gasteiger partial charge in [-0.25, -0.2) is 4.98 Å². The summed E-state index contributed by atoms with van der Waals surface area (Å²) in [4.78, 5) is 8.67. The summed E-state index contributed by atoms with van der Waals surface area (Å²) in [5, 5.41) is 6.85. The Bertz CT molecular complexity index is 365. The lowest BCUT2D eigenvalue weighted by atomic mass is 10.2. The normalized spacial score (nSPS) is 16.8. The summed E-state index contributed by atoms with van der Waals surface area (Å²) in [7, 11) is 0. The van der Waals surface area contributed by atoms with Crippen LogP contribution < -0.4 is 10.6 Å². The Kier molecular flexibility index (Phi) is 5.72. The Hall–Kier alpha value is -1.52. The molecule has 106 valence electrons.